The first-order valence-electron chi connectivity index (χ1n) is 8.63. The van der Waals surface area contributed by atoms with Crippen molar-refractivity contribution in [2.45, 2.75) is 38.6 Å². The summed E-state index contributed by atoms with van der Waals surface area (Å²) in [6, 6.07) is 12.4. The molecule has 1 aromatic carbocycles. The van der Waals surface area contributed by atoms with Gasteiger partial charge < -0.3 is 11.1 Å². The molecule has 6 heteroatoms. The van der Waals surface area contributed by atoms with Crippen LogP contribution in [0.25, 0.3) is 11.4 Å². The van der Waals surface area contributed by atoms with Gasteiger partial charge in [-0.2, -0.15) is 10.1 Å². The molecule has 128 valence electrons. The maximum absolute atomic E-state index is 6.12. The molecule has 2 aromatic heterocycles. The monoisotopic (exact) mass is 334 g/mol. The molecular weight excluding hydrogens is 312 g/mol. The molecule has 0 aliphatic heterocycles. The first-order valence-corrected chi connectivity index (χ1v) is 8.63. The summed E-state index contributed by atoms with van der Waals surface area (Å²) in [5.41, 5.74) is 10.9. The van der Waals surface area contributed by atoms with E-state index in [-0.39, 0.29) is 6.04 Å². The second-order valence-electron chi connectivity index (χ2n) is 6.67. The number of nitrogens with zero attached hydrogens (tertiary/aromatic N) is 3. The first kappa shape index (κ1) is 15.6. The maximum atomic E-state index is 6.12. The van der Waals surface area contributed by atoms with Crippen LogP contribution in [0.3, 0.4) is 0 Å². The van der Waals surface area contributed by atoms with Crippen LogP contribution in [0.4, 0.5) is 11.8 Å². The molecule has 1 saturated carbocycles. The van der Waals surface area contributed by atoms with E-state index in [9.17, 15) is 0 Å². The lowest BCUT2D eigenvalue weighted by molar-refractivity contribution is 0.860. The highest BCUT2D eigenvalue weighted by Gasteiger charge is 2.26. The summed E-state index contributed by atoms with van der Waals surface area (Å²) in [4.78, 5) is 9.07. The van der Waals surface area contributed by atoms with Gasteiger partial charge in [0.2, 0.25) is 5.95 Å². The Morgan fingerprint density at radius 1 is 1.20 bits per heavy atom. The van der Waals surface area contributed by atoms with Gasteiger partial charge in [-0.3, -0.25) is 5.10 Å². The lowest BCUT2D eigenvalue weighted by atomic mass is 10.1. The Balaban J connectivity index is 1.63. The molecule has 1 aliphatic carbocycles. The second kappa shape index (κ2) is 6.20. The minimum absolute atomic E-state index is 0.0809. The summed E-state index contributed by atoms with van der Waals surface area (Å²) < 4.78 is 0. The van der Waals surface area contributed by atoms with Crippen LogP contribution in [0.1, 0.15) is 48.5 Å². The average molecular weight is 334 g/mol. The van der Waals surface area contributed by atoms with Crippen LogP contribution >= 0.6 is 0 Å². The third kappa shape index (κ3) is 3.20. The van der Waals surface area contributed by atoms with Crippen LogP contribution in [0.15, 0.2) is 36.4 Å². The lowest BCUT2D eigenvalue weighted by Crippen LogP contribution is -2.12. The van der Waals surface area contributed by atoms with Crippen LogP contribution in [-0.2, 0) is 0 Å². The van der Waals surface area contributed by atoms with Crippen molar-refractivity contribution in [3.63, 3.8) is 0 Å². The molecule has 25 heavy (non-hydrogen) atoms. The molecule has 0 bridgehead atoms. The van der Waals surface area contributed by atoms with Crippen molar-refractivity contribution in [1.29, 1.82) is 0 Å². The first-order chi connectivity index (χ1) is 12.1. The summed E-state index contributed by atoms with van der Waals surface area (Å²) in [7, 11) is 0. The molecule has 3 aromatic rings. The number of hydrogen-bond donors (Lipinski definition) is 3. The highest BCUT2D eigenvalue weighted by atomic mass is 15.2. The molecule has 1 aliphatic rings. The number of rotatable bonds is 5. The highest BCUT2D eigenvalue weighted by molar-refractivity contribution is 5.66. The smallest absolute Gasteiger partial charge is 0.225 e. The van der Waals surface area contributed by atoms with E-state index in [4.69, 9.17) is 5.73 Å². The molecular formula is C19H22N6. The van der Waals surface area contributed by atoms with E-state index >= 15 is 0 Å². The SMILES string of the molecule is Cc1c(N)nc(NC(C)c2ccccc2)nc1-c1cc(C2CC2)[nH]n1. The zero-order valence-corrected chi connectivity index (χ0v) is 14.5. The van der Waals surface area contributed by atoms with Gasteiger partial charge in [0.1, 0.15) is 17.2 Å². The van der Waals surface area contributed by atoms with Gasteiger partial charge in [0.05, 0.1) is 6.04 Å². The van der Waals surface area contributed by atoms with E-state index in [1.807, 2.05) is 25.1 Å². The number of nitrogens with one attached hydrogen (secondary N) is 2. The zero-order valence-electron chi connectivity index (χ0n) is 14.5. The highest BCUT2D eigenvalue weighted by Crippen LogP contribution is 2.40. The van der Waals surface area contributed by atoms with E-state index in [0.29, 0.717) is 17.7 Å². The van der Waals surface area contributed by atoms with Crippen molar-refractivity contribution in [3.05, 3.63) is 53.2 Å². The Labute approximate surface area is 146 Å². The Hall–Kier alpha value is -2.89. The molecule has 4 rings (SSSR count). The van der Waals surface area contributed by atoms with Gasteiger partial charge in [0.15, 0.2) is 0 Å². The normalized spacial score (nSPS) is 15.1. The maximum Gasteiger partial charge on any atom is 0.225 e. The molecule has 1 fully saturated rings. The number of benzene rings is 1. The van der Waals surface area contributed by atoms with Gasteiger partial charge in [0, 0.05) is 17.2 Å². The van der Waals surface area contributed by atoms with Crippen molar-refractivity contribution in [1.82, 2.24) is 20.2 Å². The quantitative estimate of drug-likeness (QED) is 0.660. The Morgan fingerprint density at radius 3 is 2.68 bits per heavy atom. The summed E-state index contributed by atoms with van der Waals surface area (Å²) in [5, 5.41) is 10.9. The van der Waals surface area contributed by atoms with E-state index in [0.717, 1.165) is 17.0 Å². The fourth-order valence-corrected chi connectivity index (χ4v) is 2.93. The second-order valence-corrected chi connectivity index (χ2v) is 6.67. The van der Waals surface area contributed by atoms with Gasteiger partial charge in [-0.05, 0) is 38.3 Å². The number of H-pyrrole nitrogens is 1. The standard InChI is InChI=1S/C19H22N6/c1-11-17(16-10-15(24-25-16)14-8-9-14)22-19(23-18(11)20)21-12(2)13-6-4-3-5-7-13/h3-7,10,12,14H,8-9H2,1-2H3,(H,24,25)(H3,20,21,22,23). The number of nitrogens with two attached hydrogens (primary N) is 1. The van der Waals surface area contributed by atoms with Crippen LogP contribution in [-0.4, -0.2) is 20.2 Å². The predicted octanol–water partition coefficient (Wildman–Crippen LogP) is 3.81. The summed E-state index contributed by atoms with van der Waals surface area (Å²) in [5.74, 6) is 1.62. The molecule has 6 nitrogen and oxygen atoms in total. The Morgan fingerprint density at radius 2 is 1.96 bits per heavy atom. The zero-order chi connectivity index (χ0) is 17.4. The number of hydrogen-bond acceptors (Lipinski definition) is 5. The van der Waals surface area contributed by atoms with Crippen molar-refractivity contribution >= 4 is 11.8 Å². The largest absolute Gasteiger partial charge is 0.383 e. The van der Waals surface area contributed by atoms with Crippen LogP contribution in [0.2, 0.25) is 0 Å². The van der Waals surface area contributed by atoms with E-state index in [2.05, 4.69) is 50.6 Å². The van der Waals surface area contributed by atoms with Crippen molar-refractivity contribution < 1.29 is 0 Å². The molecule has 0 amide bonds. The lowest BCUT2D eigenvalue weighted by Gasteiger charge is -2.16. The number of aromatic nitrogens is 4. The number of nitrogen functional groups attached to an aromatic ring is 1. The molecule has 1 atom stereocenters. The van der Waals surface area contributed by atoms with Gasteiger partial charge in [-0.1, -0.05) is 30.3 Å². The van der Waals surface area contributed by atoms with Crippen molar-refractivity contribution in [3.8, 4) is 11.4 Å². The topological polar surface area (TPSA) is 92.5 Å². The minimum Gasteiger partial charge on any atom is -0.383 e. The Kier molecular flexibility index (Phi) is 3.87. The number of anilines is 2. The van der Waals surface area contributed by atoms with Gasteiger partial charge in [-0.15, -0.1) is 0 Å². The predicted molar refractivity (Wildman–Crippen MR) is 99.2 cm³/mol. The molecule has 2 heterocycles. The van der Waals surface area contributed by atoms with Gasteiger partial charge in [-0.25, -0.2) is 4.98 Å². The Bertz CT molecular complexity index is 882. The molecule has 1 unspecified atom stereocenters. The summed E-state index contributed by atoms with van der Waals surface area (Å²) >= 11 is 0. The molecule has 0 saturated heterocycles. The fourth-order valence-electron chi connectivity index (χ4n) is 2.93. The van der Waals surface area contributed by atoms with Crippen LogP contribution in [0.5, 0.6) is 0 Å². The number of aromatic amines is 1. The van der Waals surface area contributed by atoms with Crippen LogP contribution in [0, 0.1) is 6.92 Å². The molecule has 0 radical (unpaired) electrons. The molecule has 4 N–H and O–H groups in total. The summed E-state index contributed by atoms with van der Waals surface area (Å²) in [6.07, 6.45) is 2.46. The molecule has 0 spiro atoms. The third-order valence-electron chi connectivity index (χ3n) is 4.69. The third-order valence-corrected chi connectivity index (χ3v) is 4.69. The van der Waals surface area contributed by atoms with E-state index < -0.39 is 0 Å². The minimum atomic E-state index is 0.0809. The van der Waals surface area contributed by atoms with Gasteiger partial charge >= 0.3 is 0 Å². The van der Waals surface area contributed by atoms with Crippen molar-refractivity contribution in [2.24, 2.45) is 0 Å². The van der Waals surface area contributed by atoms with Crippen molar-refractivity contribution in [2.75, 3.05) is 11.1 Å². The average Bonchev–Trinajstić information content (AvgIpc) is 3.36. The van der Waals surface area contributed by atoms with E-state index in [1.54, 1.807) is 0 Å². The van der Waals surface area contributed by atoms with Gasteiger partial charge in [0.25, 0.3) is 0 Å². The fraction of sp³-hybridized carbons (Fsp3) is 0.316. The van der Waals surface area contributed by atoms with E-state index in [1.165, 1.54) is 24.1 Å². The van der Waals surface area contributed by atoms with Crippen LogP contribution < -0.4 is 11.1 Å². The summed E-state index contributed by atoms with van der Waals surface area (Å²) in [6.45, 7) is 4.01.